The lowest BCUT2D eigenvalue weighted by molar-refractivity contribution is 0.155. The maximum atomic E-state index is 12.0. The first kappa shape index (κ1) is 17.3. The predicted octanol–water partition coefficient (Wildman–Crippen LogP) is 5.08. The first-order valence-electron chi connectivity index (χ1n) is 8.49. The third-order valence-corrected chi connectivity index (χ3v) is 5.15. The van der Waals surface area contributed by atoms with Crippen molar-refractivity contribution in [2.45, 2.75) is 24.9 Å². The highest BCUT2D eigenvalue weighted by Gasteiger charge is 2.38. The van der Waals surface area contributed by atoms with E-state index in [1.165, 1.54) is 0 Å². The summed E-state index contributed by atoms with van der Waals surface area (Å²) in [7, 11) is 0. The number of fused-ring (bicyclic) bond motifs is 5. The molecule has 4 rings (SSSR count). The molecule has 2 aliphatic heterocycles. The summed E-state index contributed by atoms with van der Waals surface area (Å²) in [5.74, 6) is 1.54. The second kappa shape index (κ2) is 7.25. The van der Waals surface area contributed by atoms with Crippen LogP contribution in [0.1, 0.15) is 24.4 Å². The number of para-hydroxylation sites is 1. The van der Waals surface area contributed by atoms with Gasteiger partial charge in [-0.15, -0.1) is 0 Å². The molecule has 0 bridgehead atoms. The zero-order chi connectivity index (χ0) is 18.1. The summed E-state index contributed by atoms with van der Waals surface area (Å²) in [4.78, 5) is 14.2. The number of rotatable bonds is 2. The van der Waals surface area contributed by atoms with Gasteiger partial charge in [-0.3, -0.25) is 0 Å². The second-order valence-corrected chi connectivity index (χ2v) is 6.98. The van der Waals surface area contributed by atoms with E-state index in [1.807, 2.05) is 42.5 Å². The molecule has 5 nitrogen and oxygen atoms in total. The highest BCUT2D eigenvalue weighted by atomic mass is 35.5. The third-order valence-electron chi connectivity index (χ3n) is 4.81. The van der Waals surface area contributed by atoms with Gasteiger partial charge in [0.15, 0.2) is 11.8 Å². The van der Waals surface area contributed by atoms with Crippen molar-refractivity contribution in [1.82, 2.24) is 5.32 Å². The van der Waals surface area contributed by atoms with Gasteiger partial charge in [-0.2, -0.15) is 0 Å². The quantitative estimate of drug-likeness (QED) is 0.724. The molecule has 1 saturated heterocycles. The molecule has 2 atom stereocenters. The number of alkyl carbamates (subject to hydrolysis) is 1. The molecule has 1 N–H and O–H groups in total. The van der Waals surface area contributed by atoms with Crippen molar-refractivity contribution < 1.29 is 14.3 Å². The van der Waals surface area contributed by atoms with Crippen molar-refractivity contribution in [3.8, 4) is 11.5 Å². The van der Waals surface area contributed by atoms with Crippen LogP contribution >= 0.6 is 23.2 Å². The zero-order valence-electron chi connectivity index (χ0n) is 14.0. The van der Waals surface area contributed by atoms with Crippen LogP contribution in [0.15, 0.2) is 42.5 Å². The Labute approximate surface area is 161 Å². The smallest absolute Gasteiger partial charge is 0.408 e. The summed E-state index contributed by atoms with van der Waals surface area (Å²) in [6.07, 6.45) is 1.25. The highest BCUT2D eigenvalue weighted by molar-refractivity contribution is 6.31. The number of benzene rings is 2. The van der Waals surface area contributed by atoms with Gasteiger partial charge in [0.1, 0.15) is 5.75 Å². The number of carbonyl (C=O) groups excluding carboxylic acids is 1. The number of nitrogens with zero attached hydrogens (tertiary/aromatic N) is 1. The van der Waals surface area contributed by atoms with Gasteiger partial charge in [-0.05, 0) is 37.1 Å². The molecule has 0 radical (unpaired) electrons. The number of ether oxygens (including phenoxy) is 2. The molecule has 0 aliphatic carbocycles. The number of piperidine rings is 1. The average molecular weight is 393 g/mol. The van der Waals surface area contributed by atoms with Crippen LogP contribution in [0.25, 0.3) is 0 Å². The highest BCUT2D eigenvalue weighted by Crippen LogP contribution is 2.48. The molecule has 0 aromatic heterocycles. The molecule has 136 valence electrons. The summed E-state index contributed by atoms with van der Waals surface area (Å²) in [5, 5.41) is 3.60. The number of nitrogens with one attached hydrogen (secondary N) is 1. The first-order chi connectivity index (χ1) is 12.7. The van der Waals surface area contributed by atoms with Crippen LogP contribution in [0.5, 0.6) is 11.5 Å². The van der Waals surface area contributed by atoms with E-state index >= 15 is 0 Å². The van der Waals surface area contributed by atoms with Gasteiger partial charge >= 0.3 is 6.09 Å². The fourth-order valence-corrected chi connectivity index (χ4v) is 4.05. The predicted molar refractivity (Wildman–Crippen MR) is 101 cm³/mol. The third kappa shape index (κ3) is 3.17. The standard InChI is InChI=1S/C19H18Cl2N2O3/c20-11-25-19(24)22-14-5-3-9-23-15-10-12(21)7-8-17(15)26-16-6-2-1-4-13(16)18(14)23/h1-2,4,6-8,10,14,18H,3,5,9,11H2,(H,22,24)/t14-,18-/m0/s1. The van der Waals surface area contributed by atoms with Crippen molar-refractivity contribution in [3.05, 3.63) is 53.1 Å². The van der Waals surface area contributed by atoms with Crippen LogP contribution in [-0.2, 0) is 4.74 Å². The van der Waals surface area contributed by atoms with E-state index in [2.05, 4.69) is 10.2 Å². The molecule has 26 heavy (non-hydrogen) atoms. The molecular formula is C19H18Cl2N2O3. The Bertz CT molecular complexity index is 830. The summed E-state index contributed by atoms with van der Waals surface area (Å²) < 4.78 is 11.1. The Morgan fingerprint density at radius 1 is 1.27 bits per heavy atom. The van der Waals surface area contributed by atoms with Crippen LogP contribution in [0.3, 0.4) is 0 Å². The monoisotopic (exact) mass is 392 g/mol. The average Bonchev–Trinajstić information content (AvgIpc) is 2.77. The molecule has 2 aliphatic rings. The van der Waals surface area contributed by atoms with E-state index in [-0.39, 0.29) is 18.1 Å². The Morgan fingerprint density at radius 2 is 2.12 bits per heavy atom. The molecule has 2 aromatic rings. The fraction of sp³-hybridized carbons (Fsp3) is 0.316. The maximum absolute atomic E-state index is 12.0. The first-order valence-corrected chi connectivity index (χ1v) is 9.41. The van der Waals surface area contributed by atoms with Crippen molar-refractivity contribution in [3.63, 3.8) is 0 Å². The van der Waals surface area contributed by atoms with Crippen molar-refractivity contribution >= 4 is 35.0 Å². The van der Waals surface area contributed by atoms with Gasteiger partial charge in [0.25, 0.3) is 0 Å². The topological polar surface area (TPSA) is 50.8 Å². The number of carbonyl (C=O) groups is 1. The van der Waals surface area contributed by atoms with Crippen LogP contribution in [0.2, 0.25) is 5.02 Å². The lowest BCUT2D eigenvalue weighted by atomic mass is 9.89. The molecular weight excluding hydrogens is 375 g/mol. The van der Waals surface area contributed by atoms with Crippen molar-refractivity contribution in [2.75, 3.05) is 17.5 Å². The Kier molecular flexibility index (Phi) is 4.83. The molecule has 0 saturated carbocycles. The van der Waals surface area contributed by atoms with E-state index < -0.39 is 6.09 Å². The van der Waals surface area contributed by atoms with Gasteiger partial charge in [-0.25, -0.2) is 4.79 Å². The lowest BCUT2D eigenvalue weighted by Gasteiger charge is -2.42. The number of amides is 1. The van der Waals surface area contributed by atoms with Gasteiger partial charge in [-0.1, -0.05) is 41.4 Å². The fourth-order valence-electron chi connectivity index (χ4n) is 3.78. The van der Waals surface area contributed by atoms with Crippen molar-refractivity contribution in [2.24, 2.45) is 0 Å². The summed E-state index contributed by atoms with van der Waals surface area (Å²) in [5.41, 5.74) is 1.95. The Balaban J connectivity index is 1.80. The second-order valence-electron chi connectivity index (χ2n) is 6.32. The maximum Gasteiger partial charge on any atom is 0.408 e. The molecule has 1 fully saturated rings. The SMILES string of the molecule is O=C(N[C@H]1CCCN2c3cc(Cl)ccc3Oc3ccccc3[C@@H]12)OCCl. The van der Waals surface area contributed by atoms with Crippen LogP contribution in [-0.4, -0.2) is 24.7 Å². The zero-order valence-corrected chi connectivity index (χ0v) is 15.5. The van der Waals surface area contributed by atoms with Gasteiger partial charge in [0.2, 0.25) is 0 Å². The molecule has 0 spiro atoms. The number of hydrogen-bond donors (Lipinski definition) is 1. The Morgan fingerprint density at radius 3 is 2.96 bits per heavy atom. The molecule has 0 unspecified atom stereocenters. The van der Waals surface area contributed by atoms with Gasteiger partial charge in [0.05, 0.1) is 17.8 Å². The van der Waals surface area contributed by atoms with Gasteiger partial charge < -0.3 is 19.7 Å². The Hall–Kier alpha value is -2.11. The van der Waals surface area contributed by atoms with E-state index in [4.69, 9.17) is 32.7 Å². The summed E-state index contributed by atoms with van der Waals surface area (Å²) in [6, 6.07) is 13.1. The number of anilines is 1. The van der Waals surface area contributed by atoms with Crippen LogP contribution in [0, 0.1) is 0 Å². The van der Waals surface area contributed by atoms with E-state index in [1.54, 1.807) is 0 Å². The number of halogens is 2. The van der Waals surface area contributed by atoms with Gasteiger partial charge in [0, 0.05) is 17.1 Å². The van der Waals surface area contributed by atoms with Crippen LogP contribution < -0.4 is 15.0 Å². The summed E-state index contributed by atoms with van der Waals surface area (Å²) >= 11 is 11.8. The van der Waals surface area contributed by atoms with E-state index in [0.717, 1.165) is 42.1 Å². The largest absolute Gasteiger partial charge is 0.455 e. The van der Waals surface area contributed by atoms with E-state index in [0.29, 0.717) is 5.02 Å². The molecule has 2 aromatic carbocycles. The number of alkyl halides is 1. The normalized spacial score (nSPS) is 20.8. The minimum atomic E-state index is -0.513. The number of hydrogen-bond acceptors (Lipinski definition) is 4. The lowest BCUT2D eigenvalue weighted by Crippen LogP contribution is -2.50. The van der Waals surface area contributed by atoms with E-state index in [9.17, 15) is 4.79 Å². The van der Waals surface area contributed by atoms with Crippen LogP contribution in [0.4, 0.5) is 10.5 Å². The summed E-state index contributed by atoms with van der Waals surface area (Å²) in [6.45, 7) is 0.846. The molecule has 7 heteroatoms. The molecule has 1 amide bonds. The van der Waals surface area contributed by atoms with Crippen molar-refractivity contribution in [1.29, 1.82) is 0 Å². The molecule has 2 heterocycles. The minimum absolute atomic E-state index is 0.0810. The minimum Gasteiger partial charge on any atom is -0.455 e.